The number of carbonyl (C=O) groups excluding carboxylic acids is 3. The number of Topliss-reactive ketones (excluding diaryl/α,β-unsaturated/α-hetero) is 1. The first-order chi connectivity index (χ1) is 13.3. The lowest BCUT2D eigenvalue weighted by molar-refractivity contribution is -0.130. The Bertz CT molecular complexity index is 766. The van der Waals surface area contributed by atoms with Gasteiger partial charge in [0.1, 0.15) is 0 Å². The first-order valence-electron chi connectivity index (χ1n) is 9.78. The Morgan fingerprint density at radius 3 is 2.36 bits per heavy atom. The molecule has 1 heterocycles. The molecule has 0 aliphatic carbocycles. The first kappa shape index (κ1) is 21.7. The number of carbonyl (C=O) groups is 3. The predicted octanol–water partition coefficient (Wildman–Crippen LogP) is 3.97. The Morgan fingerprint density at radius 2 is 1.86 bits per heavy atom. The molecular formula is C22H29NO5. The van der Waals surface area contributed by atoms with Gasteiger partial charge in [0.15, 0.2) is 11.5 Å². The number of aliphatic hydroxyl groups is 1. The summed E-state index contributed by atoms with van der Waals surface area (Å²) in [5, 5.41) is 10.4. The number of benzene rings is 1. The van der Waals surface area contributed by atoms with E-state index in [9.17, 15) is 19.5 Å². The van der Waals surface area contributed by atoms with Crippen LogP contribution in [0.25, 0.3) is 0 Å². The summed E-state index contributed by atoms with van der Waals surface area (Å²) in [7, 11) is 1.31. The number of ketones is 1. The summed E-state index contributed by atoms with van der Waals surface area (Å²) in [6.45, 7) is 6.03. The van der Waals surface area contributed by atoms with E-state index in [-0.39, 0.29) is 11.4 Å². The number of methoxy groups -OCH3 is 1. The molecule has 2 atom stereocenters. The van der Waals surface area contributed by atoms with Crippen molar-refractivity contribution in [1.29, 1.82) is 0 Å². The molecule has 28 heavy (non-hydrogen) atoms. The molecule has 0 unspecified atom stereocenters. The molecule has 6 heteroatoms. The number of hydrogen-bond donors (Lipinski definition) is 1. The standard InChI is InChI=1S/C22H29NO5/c1-5-7-8-15(6-2)13-23-19(18(14(3)24)20(25)21(23)26)16-9-11-17(12-10-16)22(27)28-4/h9-12,15,19,25H,5-8,13H2,1-4H3/t15-,19-/m1/s1. The van der Waals surface area contributed by atoms with Gasteiger partial charge in [-0.1, -0.05) is 45.2 Å². The maximum absolute atomic E-state index is 12.7. The van der Waals surface area contributed by atoms with Crippen molar-refractivity contribution in [2.24, 2.45) is 5.92 Å². The quantitative estimate of drug-likeness (QED) is 0.648. The highest BCUT2D eigenvalue weighted by Crippen LogP contribution is 2.38. The third-order valence-corrected chi connectivity index (χ3v) is 5.33. The molecule has 1 aromatic carbocycles. The van der Waals surface area contributed by atoms with Gasteiger partial charge in [-0.15, -0.1) is 0 Å². The monoisotopic (exact) mass is 387 g/mol. The fourth-order valence-electron chi connectivity index (χ4n) is 3.66. The second-order valence-electron chi connectivity index (χ2n) is 7.21. The molecule has 0 spiro atoms. The summed E-state index contributed by atoms with van der Waals surface area (Å²) in [5.74, 6) is -1.49. The van der Waals surface area contributed by atoms with Gasteiger partial charge in [0.25, 0.3) is 5.91 Å². The van der Waals surface area contributed by atoms with Crippen LogP contribution in [-0.2, 0) is 14.3 Å². The number of aliphatic hydroxyl groups excluding tert-OH is 1. The molecule has 0 fully saturated rings. The van der Waals surface area contributed by atoms with Crippen LogP contribution in [-0.4, -0.2) is 41.3 Å². The van der Waals surface area contributed by atoms with E-state index in [1.807, 2.05) is 0 Å². The van der Waals surface area contributed by atoms with Gasteiger partial charge in [-0.2, -0.15) is 0 Å². The lowest BCUT2D eigenvalue weighted by Crippen LogP contribution is -2.35. The molecule has 1 aliphatic heterocycles. The van der Waals surface area contributed by atoms with Gasteiger partial charge in [0.05, 0.1) is 24.3 Å². The van der Waals surface area contributed by atoms with Crippen LogP contribution in [0.5, 0.6) is 0 Å². The van der Waals surface area contributed by atoms with Crippen molar-refractivity contribution in [1.82, 2.24) is 4.90 Å². The normalized spacial score (nSPS) is 17.8. The van der Waals surface area contributed by atoms with Crippen LogP contribution in [0, 0.1) is 5.92 Å². The van der Waals surface area contributed by atoms with Gasteiger partial charge in [-0.3, -0.25) is 9.59 Å². The summed E-state index contributed by atoms with van der Waals surface area (Å²) in [4.78, 5) is 38.2. The van der Waals surface area contributed by atoms with Crippen molar-refractivity contribution in [2.45, 2.75) is 52.5 Å². The Morgan fingerprint density at radius 1 is 1.21 bits per heavy atom. The van der Waals surface area contributed by atoms with Gasteiger partial charge in [0, 0.05) is 6.54 Å². The smallest absolute Gasteiger partial charge is 0.337 e. The zero-order valence-corrected chi connectivity index (χ0v) is 17.0. The van der Waals surface area contributed by atoms with Crippen molar-refractivity contribution in [2.75, 3.05) is 13.7 Å². The van der Waals surface area contributed by atoms with E-state index in [0.29, 0.717) is 23.6 Å². The second-order valence-corrected chi connectivity index (χ2v) is 7.21. The number of unbranched alkanes of at least 4 members (excludes halogenated alkanes) is 1. The van der Waals surface area contributed by atoms with Gasteiger partial charge in [-0.25, -0.2) is 4.79 Å². The van der Waals surface area contributed by atoms with Crippen molar-refractivity contribution in [3.63, 3.8) is 0 Å². The molecule has 0 radical (unpaired) electrons. The van der Waals surface area contributed by atoms with Gasteiger partial charge >= 0.3 is 5.97 Å². The number of amides is 1. The topological polar surface area (TPSA) is 83.9 Å². The molecule has 0 saturated carbocycles. The number of rotatable bonds is 9. The van der Waals surface area contributed by atoms with Crippen LogP contribution < -0.4 is 0 Å². The fourth-order valence-corrected chi connectivity index (χ4v) is 3.66. The predicted molar refractivity (Wildman–Crippen MR) is 106 cm³/mol. The van der Waals surface area contributed by atoms with Crippen LogP contribution >= 0.6 is 0 Å². The van der Waals surface area contributed by atoms with Crippen molar-refractivity contribution >= 4 is 17.7 Å². The van der Waals surface area contributed by atoms with E-state index in [0.717, 1.165) is 25.7 Å². The summed E-state index contributed by atoms with van der Waals surface area (Å²) in [6, 6.07) is 5.96. The first-order valence-corrected chi connectivity index (χ1v) is 9.78. The second kappa shape index (κ2) is 9.53. The minimum Gasteiger partial charge on any atom is -0.503 e. The number of ether oxygens (including phenoxy) is 1. The van der Waals surface area contributed by atoms with Crippen LogP contribution in [0.3, 0.4) is 0 Å². The summed E-state index contributed by atoms with van der Waals surface area (Å²) < 4.78 is 4.71. The fraction of sp³-hybridized carbons (Fsp3) is 0.500. The van der Waals surface area contributed by atoms with Crippen LogP contribution in [0.4, 0.5) is 0 Å². The van der Waals surface area contributed by atoms with Crippen LogP contribution in [0.15, 0.2) is 35.6 Å². The molecule has 0 bridgehead atoms. The molecule has 152 valence electrons. The average Bonchev–Trinajstić information content (AvgIpc) is 2.95. The Labute approximate surface area is 166 Å². The van der Waals surface area contributed by atoms with Gasteiger partial charge in [0.2, 0.25) is 0 Å². The number of hydrogen-bond acceptors (Lipinski definition) is 5. The van der Waals surface area contributed by atoms with Gasteiger partial charge < -0.3 is 14.7 Å². The molecule has 1 amide bonds. The SMILES string of the molecule is CCCC[C@@H](CC)CN1C(=O)C(O)=C(C(C)=O)[C@H]1c1ccc(C(=O)OC)cc1. The molecule has 6 nitrogen and oxygen atoms in total. The van der Waals surface area contributed by atoms with Crippen molar-refractivity contribution in [3.8, 4) is 0 Å². The van der Waals surface area contributed by atoms with Crippen LogP contribution in [0.2, 0.25) is 0 Å². The highest BCUT2D eigenvalue weighted by Gasteiger charge is 2.42. The largest absolute Gasteiger partial charge is 0.503 e. The number of nitrogens with zero attached hydrogens (tertiary/aromatic N) is 1. The van der Waals surface area contributed by atoms with E-state index < -0.39 is 23.7 Å². The minimum absolute atomic E-state index is 0.112. The zero-order chi connectivity index (χ0) is 20.8. The van der Waals surface area contributed by atoms with E-state index in [1.165, 1.54) is 14.0 Å². The van der Waals surface area contributed by atoms with Crippen molar-refractivity contribution < 1.29 is 24.2 Å². The zero-order valence-electron chi connectivity index (χ0n) is 17.0. The molecule has 2 rings (SSSR count). The summed E-state index contributed by atoms with van der Waals surface area (Å²) in [6.07, 6.45) is 4.04. The lowest BCUT2D eigenvalue weighted by atomic mass is 9.94. The molecule has 1 aromatic rings. The van der Waals surface area contributed by atoms with Gasteiger partial charge in [-0.05, 0) is 37.0 Å². The van der Waals surface area contributed by atoms with Crippen molar-refractivity contribution in [3.05, 3.63) is 46.7 Å². The van der Waals surface area contributed by atoms with E-state index in [4.69, 9.17) is 4.74 Å². The Kier molecular flexibility index (Phi) is 7.38. The summed E-state index contributed by atoms with van der Waals surface area (Å²) in [5.41, 5.74) is 1.18. The highest BCUT2D eigenvalue weighted by atomic mass is 16.5. The molecule has 0 saturated heterocycles. The highest BCUT2D eigenvalue weighted by molar-refractivity contribution is 6.08. The molecular weight excluding hydrogens is 358 g/mol. The van der Waals surface area contributed by atoms with E-state index >= 15 is 0 Å². The Balaban J connectivity index is 2.39. The summed E-state index contributed by atoms with van der Waals surface area (Å²) >= 11 is 0. The van der Waals surface area contributed by atoms with E-state index in [2.05, 4.69) is 13.8 Å². The molecule has 0 aromatic heterocycles. The molecule has 1 aliphatic rings. The molecule has 1 N–H and O–H groups in total. The average molecular weight is 387 g/mol. The maximum atomic E-state index is 12.7. The lowest BCUT2D eigenvalue weighted by Gasteiger charge is -2.30. The Hall–Kier alpha value is -2.63. The third-order valence-electron chi connectivity index (χ3n) is 5.33. The van der Waals surface area contributed by atoms with E-state index in [1.54, 1.807) is 29.2 Å². The maximum Gasteiger partial charge on any atom is 0.337 e. The minimum atomic E-state index is -0.646. The van der Waals surface area contributed by atoms with Crippen LogP contribution in [0.1, 0.15) is 68.4 Å². The number of esters is 1. The third kappa shape index (κ3) is 4.43.